The fraction of sp³-hybridized carbons (Fsp3) is 0.444. The van der Waals surface area contributed by atoms with Gasteiger partial charge in [-0.1, -0.05) is 6.08 Å². The summed E-state index contributed by atoms with van der Waals surface area (Å²) < 4.78 is 6.45. The highest BCUT2D eigenvalue weighted by molar-refractivity contribution is 9.10. The van der Waals surface area contributed by atoms with E-state index < -0.39 is 5.60 Å². The average Bonchev–Trinajstić information content (AvgIpc) is 2.88. The van der Waals surface area contributed by atoms with Crippen LogP contribution in [0.5, 0.6) is 0 Å². The maximum atomic E-state index is 12.3. The monoisotopic (exact) mass is 391 g/mol. The number of hydrogen-bond acceptors (Lipinski definition) is 3. The normalized spacial score (nSPS) is 18.6. The summed E-state index contributed by atoms with van der Waals surface area (Å²) in [5.41, 5.74) is 2.77. The minimum absolute atomic E-state index is 0.00587. The van der Waals surface area contributed by atoms with E-state index in [9.17, 15) is 4.79 Å². The Morgan fingerprint density at radius 2 is 2.21 bits per heavy atom. The molecule has 1 amide bonds. The molecule has 2 aromatic heterocycles. The van der Waals surface area contributed by atoms with Crippen molar-refractivity contribution in [3.05, 3.63) is 34.6 Å². The molecule has 2 aromatic rings. The predicted molar refractivity (Wildman–Crippen MR) is 98.8 cm³/mol. The van der Waals surface area contributed by atoms with E-state index in [1.165, 1.54) is 5.57 Å². The van der Waals surface area contributed by atoms with Gasteiger partial charge >= 0.3 is 6.09 Å². The number of nitrogens with one attached hydrogen (secondary N) is 1. The number of nitrogens with zero attached hydrogens (tertiary/aromatic N) is 2. The number of rotatable bonds is 1. The maximum Gasteiger partial charge on any atom is 0.410 e. The Hall–Kier alpha value is -1.82. The summed E-state index contributed by atoms with van der Waals surface area (Å²) in [5, 5.41) is 1.09. The largest absolute Gasteiger partial charge is 0.444 e. The predicted octanol–water partition coefficient (Wildman–Crippen LogP) is 4.74. The Morgan fingerprint density at radius 1 is 1.46 bits per heavy atom. The van der Waals surface area contributed by atoms with Crippen LogP contribution in [0.1, 0.15) is 39.7 Å². The van der Waals surface area contributed by atoms with E-state index in [-0.39, 0.29) is 12.1 Å². The number of fused-ring (bicyclic) bond motifs is 1. The zero-order valence-electron chi connectivity index (χ0n) is 14.4. The second-order valence-corrected chi connectivity index (χ2v) is 8.02. The van der Waals surface area contributed by atoms with Gasteiger partial charge in [0, 0.05) is 34.4 Å². The molecule has 0 fully saturated rings. The number of halogens is 1. The Kier molecular flexibility index (Phi) is 4.42. The highest BCUT2D eigenvalue weighted by atomic mass is 79.9. The summed E-state index contributed by atoms with van der Waals surface area (Å²) in [5.74, 6) is 0. The molecule has 0 saturated heterocycles. The summed E-state index contributed by atoms with van der Waals surface area (Å²) in [6.45, 7) is 8.33. The third-order valence-corrected chi connectivity index (χ3v) is 4.46. The van der Waals surface area contributed by atoms with E-state index in [1.807, 2.05) is 33.9 Å². The lowest BCUT2D eigenvalue weighted by Crippen LogP contribution is -2.43. The number of H-pyrrole nitrogens is 1. The highest BCUT2D eigenvalue weighted by Gasteiger charge is 2.28. The minimum Gasteiger partial charge on any atom is -0.444 e. The molecule has 5 nitrogen and oxygen atoms in total. The van der Waals surface area contributed by atoms with Crippen LogP contribution in [0.4, 0.5) is 4.79 Å². The molecule has 6 heteroatoms. The molecule has 0 saturated carbocycles. The molecule has 1 aliphatic heterocycles. The Labute approximate surface area is 150 Å². The number of aromatic amines is 1. The van der Waals surface area contributed by atoms with E-state index >= 15 is 0 Å². The summed E-state index contributed by atoms with van der Waals surface area (Å²) in [4.78, 5) is 21.7. The van der Waals surface area contributed by atoms with Crippen LogP contribution in [0.15, 0.2) is 29.0 Å². The van der Waals surface area contributed by atoms with Crippen LogP contribution in [0.25, 0.3) is 16.6 Å². The number of carbonyl (C=O) groups excluding carboxylic acids is 1. The number of pyridine rings is 1. The summed E-state index contributed by atoms with van der Waals surface area (Å²) >= 11 is 3.48. The molecule has 3 heterocycles. The number of hydrogen-bond donors (Lipinski definition) is 1. The molecule has 1 N–H and O–H groups in total. The number of carbonyl (C=O) groups is 1. The molecule has 1 atom stereocenters. The van der Waals surface area contributed by atoms with Crippen LogP contribution in [0.2, 0.25) is 0 Å². The highest BCUT2D eigenvalue weighted by Crippen LogP contribution is 2.32. The van der Waals surface area contributed by atoms with Crippen LogP contribution >= 0.6 is 15.9 Å². The van der Waals surface area contributed by atoms with Crippen molar-refractivity contribution >= 4 is 38.6 Å². The molecular formula is C18H22BrN3O2. The molecule has 0 spiro atoms. The standard InChI is InChI=1S/C18H22BrN3O2/c1-11-7-12(5-6-22(11)17(23)24-18(2,3)4)15-10-21-16-14(15)8-13(19)9-20-16/h7-11H,5-6H2,1-4H3,(H,20,21). The van der Waals surface area contributed by atoms with Gasteiger partial charge < -0.3 is 14.6 Å². The van der Waals surface area contributed by atoms with Gasteiger partial charge in [0.05, 0.1) is 6.04 Å². The molecule has 0 aromatic carbocycles. The van der Waals surface area contributed by atoms with E-state index in [4.69, 9.17) is 4.74 Å². The van der Waals surface area contributed by atoms with E-state index in [0.29, 0.717) is 6.54 Å². The van der Waals surface area contributed by atoms with Crippen LogP contribution in [-0.4, -0.2) is 39.1 Å². The van der Waals surface area contributed by atoms with Crippen molar-refractivity contribution in [3.8, 4) is 0 Å². The van der Waals surface area contributed by atoms with Gasteiger partial charge in [-0.05, 0) is 61.7 Å². The zero-order chi connectivity index (χ0) is 17.5. The molecule has 3 rings (SSSR count). The Morgan fingerprint density at radius 3 is 2.88 bits per heavy atom. The fourth-order valence-corrected chi connectivity index (χ4v) is 3.29. The summed E-state index contributed by atoms with van der Waals surface area (Å²) in [7, 11) is 0. The number of ether oxygens (including phenoxy) is 1. The van der Waals surface area contributed by atoms with Gasteiger partial charge in [-0.15, -0.1) is 0 Å². The second-order valence-electron chi connectivity index (χ2n) is 7.11. The first-order chi connectivity index (χ1) is 11.2. The SMILES string of the molecule is CC1C=C(c2c[nH]c3ncc(Br)cc23)CCN1C(=O)OC(C)(C)C. The van der Waals surface area contributed by atoms with Gasteiger partial charge in [0.25, 0.3) is 0 Å². The number of aromatic nitrogens is 2. The van der Waals surface area contributed by atoms with Gasteiger partial charge in [0.15, 0.2) is 0 Å². The van der Waals surface area contributed by atoms with Crippen molar-refractivity contribution in [2.24, 2.45) is 0 Å². The van der Waals surface area contributed by atoms with Crippen molar-refractivity contribution in [3.63, 3.8) is 0 Å². The third-order valence-electron chi connectivity index (χ3n) is 4.03. The third kappa shape index (κ3) is 3.48. The number of amides is 1. The van der Waals surface area contributed by atoms with Gasteiger partial charge in [-0.3, -0.25) is 0 Å². The van der Waals surface area contributed by atoms with Crippen LogP contribution in [-0.2, 0) is 4.74 Å². The zero-order valence-corrected chi connectivity index (χ0v) is 16.0. The first-order valence-electron chi connectivity index (χ1n) is 8.08. The Bertz CT molecular complexity index is 804. The molecule has 1 aliphatic rings. The molecular weight excluding hydrogens is 370 g/mol. The first-order valence-corrected chi connectivity index (χ1v) is 8.87. The minimum atomic E-state index is -0.477. The summed E-state index contributed by atoms with van der Waals surface area (Å²) in [6.07, 6.45) is 6.45. The van der Waals surface area contributed by atoms with E-state index in [1.54, 1.807) is 11.1 Å². The van der Waals surface area contributed by atoms with Gasteiger partial charge in [0.2, 0.25) is 0 Å². The Balaban J connectivity index is 1.85. The van der Waals surface area contributed by atoms with Crippen LogP contribution < -0.4 is 0 Å². The lowest BCUT2D eigenvalue weighted by molar-refractivity contribution is 0.0209. The van der Waals surface area contributed by atoms with Crippen molar-refractivity contribution in [2.45, 2.75) is 45.8 Å². The van der Waals surface area contributed by atoms with E-state index in [0.717, 1.165) is 27.5 Å². The van der Waals surface area contributed by atoms with Gasteiger partial charge in [0.1, 0.15) is 11.2 Å². The first kappa shape index (κ1) is 17.0. The lowest BCUT2D eigenvalue weighted by atomic mass is 9.96. The van der Waals surface area contributed by atoms with E-state index in [2.05, 4.69) is 38.0 Å². The quantitative estimate of drug-likeness (QED) is 0.763. The molecule has 1 unspecified atom stereocenters. The molecule has 24 heavy (non-hydrogen) atoms. The molecule has 128 valence electrons. The van der Waals surface area contributed by atoms with Gasteiger partial charge in [-0.2, -0.15) is 0 Å². The maximum absolute atomic E-state index is 12.3. The fourth-order valence-electron chi connectivity index (χ4n) is 2.96. The van der Waals surface area contributed by atoms with Crippen molar-refractivity contribution < 1.29 is 9.53 Å². The second kappa shape index (κ2) is 6.24. The van der Waals surface area contributed by atoms with Crippen LogP contribution in [0.3, 0.4) is 0 Å². The molecule has 0 radical (unpaired) electrons. The topological polar surface area (TPSA) is 58.2 Å². The molecule has 0 aliphatic carbocycles. The summed E-state index contributed by atoms with van der Waals surface area (Å²) in [6, 6.07) is 2.06. The van der Waals surface area contributed by atoms with Gasteiger partial charge in [-0.25, -0.2) is 9.78 Å². The van der Waals surface area contributed by atoms with Crippen molar-refractivity contribution in [2.75, 3.05) is 6.54 Å². The van der Waals surface area contributed by atoms with Crippen molar-refractivity contribution in [1.82, 2.24) is 14.9 Å². The lowest BCUT2D eigenvalue weighted by Gasteiger charge is -2.34. The van der Waals surface area contributed by atoms with Crippen molar-refractivity contribution in [1.29, 1.82) is 0 Å². The molecule has 0 bridgehead atoms. The average molecular weight is 392 g/mol. The smallest absolute Gasteiger partial charge is 0.410 e. The van der Waals surface area contributed by atoms with Crippen LogP contribution in [0, 0.1) is 0 Å².